The number of fused-ring (bicyclic) bond motifs is 1. The van der Waals surface area contributed by atoms with Gasteiger partial charge in [-0.3, -0.25) is 9.78 Å². The molecule has 1 amide bonds. The third-order valence-corrected chi connectivity index (χ3v) is 6.88. The Bertz CT molecular complexity index is 1280. The monoisotopic (exact) mass is 485 g/mol. The number of ether oxygens (including phenoxy) is 2. The van der Waals surface area contributed by atoms with Gasteiger partial charge in [0.25, 0.3) is 0 Å². The van der Waals surface area contributed by atoms with Crippen molar-refractivity contribution in [1.82, 2.24) is 24.2 Å². The standard InChI is InChI=1S/C23H27N5O5S/c1-16(29)27(2)13-17-4-6-18(7-5-17)20-12-21-22(25-9-8-24-21)23(26-20)33-15-19-14-28(10-11-32-19)34(3,30)31/h4-9,12,19H,10-11,13-15H2,1-3H3. The fourth-order valence-electron chi connectivity index (χ4n) is 3.62. The highest BCUT2D eigenvalue weighted by Crippen LogP contribution is 2.27. The van der Waals surface area contributed by atoms with Crippen LogP contribution in [0.2, 0.25) is 0 Å². The highest BCUT2D eigenvalue weighted by atomic mass is 32.2. The van der Waals surface area contributed by atoms with Gasteiger partial charge in [0.15, 0.2) is 5.52 Å². The molecule has 4 rings (SSSR count). The SMILES string of the molecule is CC(=O)N(C)Cc1ccc(-c2cc3nccnc3c(OCC3CN(S(C)(=O)=O)CCO3)n2)cc1. The molecular formula is C23H27N5O5S. The molecule has 0 radical (unpaired) electrons. The van der Waals surface area contributed by atoms with Crippen LogP contribution in [0.5, 0.6) is 5.88 Å². The van der Waals surface area contributed by atoms with Crippen molar-refractivity contribution >= 4 is 27.0 Å². The maximum atomic E-state index is 11.9. The number of rotatable bonds is 7. The molecule has 0 saturated carbocycles. The van der Waals surface area contributed by atoms with Crippen molar-refractivity contribution in [2.75, 3.05) is 39.6 Å². The minimum Gasteiger partial charge on any atom is -0.473 e. The molecule has 0 bridgehead atoms. The zero-order valence-electron chi connectivity index (χ0n) is 19.3. The van der Waals surface area contributed by atoms with Crippen LogP contribution < -0.4 is 4.74 Å². The zero-order valence-corrected chi connectivity index (χ0v) is 20.2. The molecule has 1 fully saturated rings. The Labute approximate surface area is 198 Å². The van der Waals surface area contributed by atoms with Crippen LogP contribution in [0.15, 0.2) is 42.7 Å². The van der Waals surface area contributed by atoms with Crippen molar-refractivity contribution in [2.24, 2.45) is 0 Å². The van der Waals surface area contributed by atoms with E-state index in [1.54, 1.807) is 24.3 Å². The lowest BCUT2D eigenvalue weighted by Gasteiger charge is -2.30. The number of hydrogen-bond acceptors (Lipinski definition) is 8. The number of morpholine rings is 1. The first-order valence-electron chi connectivity index (χ1n) is 10.8. The normalized spacial score (nSPS) is 17.0. The molecule has 11 heteroatoms. The molecule has 34 heavy (non-hydrogen) atoms. The summed E-state index contributed by atoms with van der Waals surface area (Å²) >= 11 is 0. The lowest BCUT2D eigenvalue weighted by atomic mass is 10.1. The molecule has 1 atom stereocenters. The van der Waals surface area contributed by atoms with E-state index in [4.69, 9.17) is 9.47 Å². The highest BCUT2D eigenvalue weighted by Gasteiger charge is 2.27. The molecule has 1 aliphatic rings. The average molecular weight is 486 g/mol. The zero-order chi connectivity index (χ0) is 24.3. The number of benzene rings is 1. The summed E-state index contributed by atoms with van der Waals surface area (Å²) in [4.78, 5) is 26.6. The van der Waals surface area contributed by atoms with Gasteiger partial charge in [0.1, 0.15) is 12.7 Å². The van der Waals surface area contributed by atoms with Gasteiger partial charge in [0, 0.05) is 51.6 Å². The van der Waals surface area contributed by atoms with E-state index < -0.39 is 16.1 Å². The Kier molecular flexibility index (Phi) is 7.05. The van der Waals surface area contributed by atoms with Crippen LogP contribution in [0.25, 0.3) is 22.3 Å². The number of hydrogen-bond donors (Lipinski definition) is 0. The number of aromatic nitrogens is 3. The minimum absolute atomic E-state index is 0.00207. The average Bonchev–Trinajstić information content (AvgIpc) is 2.82. The number of sulfonamides is 1. The number of nitrogens with zero attached hydrogens (tertiary/aromatic N) is 5. The van der Waals surface area contributed by atoms with Gasteiger partial charge in [-0.2, -0.15) is 4.31 Å². The molecular weight excluding hydrogens is 458 g/mol. The van der Waals surface area contributed by atoms with Crippen molar-refractivity contribution in [2.45, 2.75) is 19.6 Å². The van der Waals surface area contributed by atoms with Crippen LogP contribution in [0, 0.1) is 0 Å². The van der Waals surface area contributed by atoms with Crippen LogP contribution in [0.1, 0.15) is 12.5 Å². The van der Waals surface area contributed by atoms with E-state index in [-0.39, 0.29) is 19.1 Å². The first-order chi connectivity index (χ1) is 16.2. The van der Waals surface area contributed by atoms with Gasteiger partial charge < -0.3 is 14.4 Å². The summed E-state index contributed by atoms with van der Waals surface area (Å²) in [6, 6.07) is 9.62. The van der Waals surface area contributed by atoms with Gasteiger partial charge in [-0.25, -0.2) is 18.4 Å². The molecule has 1 saturated heterocycles. The molecule has 0 spiro atoms. The van der Waals surface area contributed by atoms with Gasteiger partial charge in [-0.1, -0.05) is 24.3 Å². The summed E-state index contributed by atoms with van der Waals surface area (Å²) < 4.78 is 36.8. The van der Waals surface area contributed by atoms with Crippen LogP contribution >= 0.6 is 0 Å². The first-order valence-corrected chi connectivity index (χ1v) is 12.7. The van der Waals surface area contributed by atoms with Crippen LogP contribution in [0.4, 0.5) is 0 Å². The highest BCUT2D eigenvalue weighted by molar-refractivity contribution is 7.88. The number of carbonyl (C=O) groups is 1. The fraction of sp³-hybridized carbons (Fsp3) is 0.391. The van der Waals surface area contributed by atoms with E-state index in [0.29, 0.717) is 42.3 Å². The van der Waals surface area contributed by atoms with E-state index in [9.17, 15) is 13.2 Å². The van der Waals surface area contributed by atoms with Crippen LogP contribution in [0.3, 0.4) is 0 Å². The van der Waals surface area contributed by atoms with Crippen molar-refractivity contribution in [3.8, 4) is 17.1 Å². The van der Waals surface area contributed by atoms with Crippen molar-refractivity contribution in [1.29, 1.82) is 0 Å². The second-order valence-corrected chi connectivity index (χ2v) is 10.2. The predicted molar refractivity (Wildman–Crippen MR) is 127 cm³/mol. The Balaban J connectivity index is 1.56. The second kappa shape index (κ2) is 10.00. The Hall–Kier alpha value is -3.15. The Morgan fingerprint density at radius 2 is 1.97 bits per heavy atom. The third-order valence-electron chi connectivity index (χ3n) is 5.61. The smallest absolute Gasteiger partial charge is 0.242 e. The molecule has 2 aromatic heterocycles. The summed E-state index contributed by atoms with van der Waals surface area (Å²) in [5.74, 6) is 0.309. The maximum absolute atomic E-state index is 11.9. The summed E-state index contributed by atoms with van der Waals surface area (Å²) in [7, 11) is -1.54. The van der Waals surface area contributed by atoms with Gasteiger partial charge in [-0.15, -0.1) is 0 Å². The summed E-state index contributed by atoms with van der Waals surface area (Å²) in [5, 5.41) is 0. The fourth-order valence-corrected chi connectivity index (χ4v) is 4.47. The quantitative estimate of drug-likeness (QED) is 0.497. The van der Waals surface area contributed by atoms with Gasteiger partial charge in [0.2, 0.25) is 21.8 Å². The van der Waals surface area contributed by atoms with E-state index >= 15 is 0 Å². The second-order valence-electron chi connectivity index (χ2n) is 8.23. The van der Waals surface area contributed by atoms with E-state index in [1.165, 1.54) is 17.5 Å². The molecule has 1 unspecified atom stereocenters. The predicted octanol–water partition coefficient (Wildman–Crippen LogP) is 1.71. The summed E-state index contributed by atoms with van der Waals surface area (Å²) in [5.41, 5.74) is 3.68. The van der Waals surface area contributed by atoms with Crippen molar-refractivity contribution in [3.05, 3.63) is 48.3 Å². The lowest BCUT2D eigenvalue weighted by molar-refractivity contribution is -0.128. The van der Waals surface area contributed by atoms with Crippen LogP contribution in [-0.4, -0.2) is 84.2 Å². The molecule has 0 N–H and O–H groups in total. The van der Waals surface area contributed by atoms with Crippen molar-refractivity contribution in [3.63, 3.8) is 0 Å². The molecule has 1 aliphatic heterocycles. The molecule has 1 aromatic carbocycles. The number of amides is 1. The largest absolute Gasteiger partial charge is 0.473 e. The molecule has 10 nitrogen and oxygen atoms in total. The van der Waals surface area contributed by atoms with Crippen molar-refractivity contribution < 1.29 is 22.7 Å². The minimum atomic E-state index is -3.30. The van der Waals surface area contributed by atoms with Gasteiger partial charge in [0.05, 0.1) is 24.1 Å². The summed E-state index contributed by atoms with van der Waals surface area (Å²) in [6.07, 6.45) is 3.94. The number of pyridine rings is 1. The molecule has 180 valence electrons. The van der Waals surface area contributed by atoms with Crippen LogP contribution in [-0.2, 0) is 26.1 Å². The first kappa shape index (κ1) is 24.0. The molecule has 3 aromatic rings. The molecule has 3 heterocycles. The topological polar surface area (TPSA) is 115 Å². The third kappa shape index (κ3) is 5.66. The maximum Gasteiger partial charge on any atom is 0.242 e. The number of carbonyl (C=O) groups excluding carboxylic acids is 1. The van der Waals surface area contributed by atoms with Gasteiger partial charge in [-0.05, 0) is 11.6 Å². The van der Waals surface area contributed by atoms with Gasteiger partial charge >= 0.3 is 0 Å². The molecule has 0 aliphatic carbocycles. The Morgan fingerprint density at radius 3 is 2.68 bits per heavy atom. The Morgan fingerprint density at radius 1 is 1.24 bits per heavy atom. The van der Waals surface area contributed by atoms with E-state index in [0.717, 1.165) is 11.1 Å². The summed E-state index contributed by atoms with van der Waals surface area (Å²) in [6.45, 7) is 3.04. The van der Waals surface area contributed by atoms with E-state index in [2.05, 4.69) is 15.0 Å². The van der Waals surface area contributed by atoms with E-state index in [1.807, 2.05) is 30.3 Å². The lowest BCUT2D eigenvalue weighted by Crippen LogP contribution is -2.47.